The molecule has 9 rings (SSSR count). The molecule has 0 saturated carbocycles. The number of rotatable bonds is 5. The molecule has 7 aliphatic carbocycles. The quantitative estimate of drug-likeness (QED) is 0.289. The van der Waals surface area contributed by atoms with Crippen LogP contribution in [-0.4, -0.2) is 12.8 Å². The van der Waals surface area contributed by atoms with E-state index in [1.54, 1.807) is 22.3 Å². The molecule has 1 heterocycles. The summed E-state index contributed by atoms with van der Waals surface area (Å²) < 4.78 is 0. The third-order valence-corrected chi connectivity index (χ3v) is 13.7. The van der Waals surface area contributed by atoms with E-state index in [9.17, 15) is 0 Å². The van der Waals surface area contributed by atoms with E-state index < -0.39 is 0 Å². The number of hydrogen-bond donors (Lipinski definition) is 0. The van der Waals surface area contributed by atoms with Crippen LogP contribution in [0.5, 0.6) is 0 Å². The molecule has 0 fully saturated rings. The lowest BCUT2D eigenvalue weighted by atomic mass is 9.61. The molecule has 1 aromatic rings. The number of hydrogen-bond acceptors (Lipinski definition) is 1. The van der Waals surface area contributed by atoms with Crippen LogP contribution in [0.25, 0.3) is 5.57 Å². The standard InChI is InChI=1S/C53H57N/c1-36-14-7-8-15-38(25-24-36)42-31-43(33-44(32-42)45-27-29-54-35-37(45)2)39-16-13-17-40(30-39)46-18-9-10-19-47(46)41-26-28-53(3)51-23-12-11-22-49(51)48-20-5-4-6-21-50(48)52(53)34-41/h6,8,10-12,15,17,19,21-27,29,32-34,37,39,42H,4-5,7,9,13-14,16,18,20,28,30-31,35H2,1-3H3. The van der Waals surface area contributed by atoms with Crippen LogP contribution in [0.1, 0.15) is 109 Å². The summed E-state index contributed by atoms with van der Waals surface area (Å²) in [6.07, 6.45) is 50.6. The third-order valence-electron chi connectivity index (χ3n) is 13.7. The fourth-order valence-electron chi connectivity index (χ4n) is 10.6. The van der Waals surface area contributed by atoms with Crippen LogP contribution >= 0.6 is 0 Å². The molecule has 1 heteroatoms. The van der Waals surface area contributed by atoms with Gasteiger partial charge < -0.3 is 0 Å². The first-order valence-corrected chi connectivity index (χ1v) is 21.1. The van der Waals surface area contributed by atoms with Crippen LogP contribution in [0.2, 0.25) is 0 Å². The Kier molecular flexibility index (Phi) is 9.77. The van der Waals surface area contributed by atoms with Crippen molar-refractivity contribution in [2.24, 2.45) is 22.7 Å². The van der Waals surface area contributed by atoms with Gasteiger partial charge in [-0.15, -0.1) is 0 Å². The van der Waals surface area contributed by atoms with E-state index in [1.807, 2.05) is 6.21 Å². The van der Waals surface area contributed by atoms with Crippen molar-refractivity contribution in [3.63, 3.8) is 0 Å². The van der Waals surface area contributed by atoms with E-state index in [2.05, 4.69) is 135 Å². The van der Waals surface area contributed by atoms with Gasteiger partial charge in [-0.3, -0.25) is 4.99 Å². The minimum Gasteiger partial charge on any atom is -0.293 e. The van der Waals surface area contributed by atoms with Gasteiger partial charge in [0.1, 0.15) is 0 Å². The fourth-order valence-corrected chi connectivity index (χ4v) is 10.6. The second-order valence-electron chi connectivity index (χ2n) is 17.3. The molecule has 0 aromatic heterocycles. The Morgan fingerprint density at radius 1 is 0.778 bits per heavy atom. The van der Waals surface area contributed by atoms with Crippen molar-refractivity contribution in [2.45, 2.75) is 103 Å². The number of dihydropyridines is 1. The first kappa shape index (κ1) is 35.2. The van der Waals surface area contributed by atoms with Crippen LogP contribution < -0.4 is 0 Å². The summed E-state index contributed by atoms with van der Waals surface area (Å²) in [5.41, 5.74) is 21.2. The van der Waals surface area contributed by atoms with Crippen molar-refractivity contribution in [1.29, 1.82) is 0 Å². The van der Waals surface area contributed by atoms with Crippen LogP contribution in [0.15, 0.2) is 176 Å². The Hall–Kier alpha value is -4.49. The van der Waals surface area contributed by atoms with E-state index in [0.717, 1.165) is 64.3 Å². The van der Waals surface area contributed by atoms with Crippen molar-refractivity contribution in [3.8, 4) is 0 Å². The molecule has 4 atom stereocenters. The summed E-state index contributed by atoms with van der Waals surface area (Å²) >= 11 is 0. The number of nitrogens with zero attached hydrogens (tertiary/aromatic N) is 1. The molecule has 0 spiro atoms. The minimum atomic E-state index is 0.00382. The maximum Gasteiger partial charge on any atom is 0.0455 e. The largest absolute Gasteiger partial charge is 0.293 e. The highest BCUT2D eigenvalue weighted by Crippen LogP contribution is 2.54. The predicted molar refractivity (Wildman–Crippen MR) is 230 cm³/mol. The molecule has 1 aliphatic heterocycles. The topological polar surface area (TPSA) is 12.4 Å². The normalized spacial score (nSPS) is 29.5. The highest BCUT2D eigenvalue weighted by Gasteiger charge is 2.41. The van der Waals surface area contributed by atoms with Gasteiger partial charge in [0.05, 0.1) is 0 Å². The van der Waals surface area contributed by atoms with E-state index in [-0.39, 0.29) is 5.41 Å². The summed E-state index contributed by atoms with van der Waals surface area (Å²) in [7, 11) is 0. The number of allylic oxidation sites excluding steroid dienone is 25. The van der Waals surface area contributed by atoms with Crippen molar-refractivity contribution in [1.82, 2.24) is 0 Å². The average molecular weight is 708 g/mol. The van der Waals surface area contributed by atoms with Crippen LogP contribution in [0.3, 0.4) is 0 Å². The van der Waals surface area contributed by atoms with Gasteiger partial charge in [-0.2, -0.15) is 0 Å². The molecule has 54 heavy (non-hydrogen) atoms. The first-order chi connectivity index (χ1) is 26.5. The molecule has 0 N–H and O–H groups in total. The van der Waals surface area contributed by atoms with Gasteiger partial charge in [0.2, 0.25) is 0 Å². The van der Waals surface area contributed by atoms with Gasteiger partial charge in [-0.25, -0.2) is 0 Å². The van der Waals surface area contributed by atoms with Crippen molar-refractivity contribution in [2.75, 3.05) is 6.54 Å². The molecule has 0 bridgehead atoms. The van der Waals surface area contributed by atoms with Crippen LogP contribution in [0, 0.1) is 17.8 Å². The monoisotopic (exact) mass is 707 g/mol. The highest BCUT2D eigenvalue weighted by molar-refractivity contribution is 5.84. The molecule has 4 unspecified atom stereocenters. The summed E-state index contributed by atoms with van der Waals surface area (Å²) in [4.78, 5) is 4.61. The van der Waals surface area contributed by atoms with Gasteiger partial charge in [-0.1, -0.05) is 122 Å². The lowest BCUT2D eigenvalue weighted by molar-refractivity contribution is 0.500. The third kappa shape index (κ3) is 6.63. The molecular weight excluding hydrogens is 651 g/mol. The van der Waals surface area contributed by atoms with Gasteiger partial charge in [0.25, 0.3) is 0 Å². The minimum absolute atomic E-state index is 0.00382. The molecule has 0 amide bonds. The summed E-state index contributed by atoms with van der Waals surface area (Å²) in [5, 5.41) is 0. The van der Waals surface area contributed by atoms with Gasteiger partial charge >= 0.3 is 0 Å². The average Bonchev–Trinajstić information content (AvgIpc) is 3.46. The molecule has 0 saturated heterocycles. The summed E-state index contributed by atoms with van der Waals surface area (Å²) in [6.45, 7) is 8.01. The lowest BCUT2D eigenvalue weighted by Gasteiger charge is -2.42. The van der Waals surface area contributed by atoms with Gasteiger partial charge in [0.15, 0.2) is 0 Å². The molecule has 274 valence electrons. The Balaban J connectivity index is 1.06. The number of benzene rings is 1. The Bertz CT molecular complexity index is 2180. The SMILES string of the molecule is CC1=CC=C(C2C=C(C3=CC=NCC3C)C=C(C3CCC=C(C4=C(C5=CCC6(C)C(=C5)C5=C(CCCC=C5)c5ccccc56)C=CCC4)C3)C2)C=CCC1. The van der Waals surface area contributed by atoms with Crippen molar-refractivity contribution >= 4 is 11.8 Å². The smallest absolute Gasteiger partial charge is 0.0455 e. The summed E-state index contributed by atoms with van der Waals surface area (Å²) in [6, 6.07) is 9.28. The highest BCUT2D eigenvalue weighted by atomic mass is 14.7. The van der Waals surface area contributed by atoms with E-state index in [4.69, 9.17) is 0 Å². The lowest BCUT2D eigenvalue weighted by Crippen LogP contribution is -2.32. The zero-order valence-corrected chi connectivity index (χ0v) is 32.8. The van der Waals surface area contributed by atoms with Crippen molar-refractivity contribution in [3.05, 3.63) is 182 Å². The van der Waals surface area contributed by atoms with E-state index in [0.29, 0.717) is 17.8 Å². The number of fused-ring (bicyclic) bond motifs is 5. The van der Waals surface area contributed by atoms with E-state index in [1.165, 1.54) is 75.0 Å². The molecule has 8 aliphatic rings. The van der Waals surface area contributed by atoms with Crippen LogP contribution in [0.4, 0.5) is 0 Å². The first-order valence-electron chi connectivity index (χ1n) is 21.1. The predicted octanol–water partition coefficient (Wildman–Crippen LogP) is 13.8. The molecular formula is C53H57N. The van der Waals surface area contributed by atoms with Gasteiger partial charge in [-0.05, 0) is 169 Å². The van der Waals surface area contributed by atoms with E-state index >= 15 is 0 Å². The van der Waals surface area contributed by atoms with Gasteiger partial charge in [0, 0.05) is 30.0 Å². The van der Waals surface area contributed by atoms with Crippen LogP contribution in [-0.2, 0) is 5.41 Å². The molecule has 1 nitrogen and oxygen atoms in total. The second-order valence-corrected chi connectivity index (χ2v) is 17.3. The van der Waals surface area contributed by atoms with Crippen molar-refractivity contribution < 1.29 is 0 Å². The maximum atomic E-state index is 4.61. The fraction of sp³-hybridized carbons (Fsp3) is 0.377. The molecule has 1 aromatic carbocycles. The number of aliphatic imine (C=N–C) groups is 1. The summed E-state index contributed by atoms with van der Waals surface area (Å²) in [5.74, 6) is 1.42. The zero-order chi connectivity index (χ0) is 36.6. The Labute approximate surface area is 324 Å². The maximum absolute atomic E-state index is 4.61. The zero-order valence-electron chi connectivity index (χ0n) is 32.8. The second kappa shape index (κ2) is 15.0. The Morgan fingerprint density at radius 3 is 2.56 bits per heavy atom. The Morgan fingerprint density at radius 2 is 1.63 bits per heavy atom. The molecule has 0 radical (unpaired) electrons.